The molecular formula is C22H24N4O. The monoisotopic (exact) mass is 360 g/mol. The van der Waals surface area contributed by atoms with E-state index in [2.05, 4.69) is 46.5 Å². The van der Waals surface area contributed by atoms with Crippen LogP contribution in [0.5, 0.6) is 0 Å². The molecule has 1 saturated heterocycles. The quantitative estimate of drug-likeness (QED) is 0.743. The van der Waals surface area contributed by atoms with E-state index in [1.54, 1.807) is 6.20 Å². The Hall–Kier alpha value is -2.79. The molecule has 0 unspecified atom stereocenters. The van der Waals surface area contributed by atoms with E-state index < -0.39 is 0 Å². The summed E-state index contributed by atoms with van der Waals surface area (Å²) in [5.74, 6) is 1.46. The van der Waals surface area contributed by atoms with Crippen LogP contribution in [0.3, 0.4) is 0 Å². The molecule has 1 aliphatic rings. The first kappa shape index (κ1) is 17.6. The lowest BCUT2D eigenvalue weighted by atomic mass is 9.95. The molecule has 27 heavy (non-hydrogen) atoms. The van der Waals surface area contributed by atoms with Gasteiger partial charge in [-0.2, -0.15) is 0 Å². The van der Waals surface area contributed by atoms with Gasteiger partial charge in [-0.1, -0.05) is 35.9 Å². The minimum atomic E-state index is 0.0212. The average molecular weight is 360 g/mol. The van der Waals surface area contributed by atoms with E-state index in [1.165, 1.54) is 11.1 Å². The minimum absolute atomic E-state index is 0.0212. The molecule has 3 heterocycles. The van der Waals surface area contributed by atoms with E-state index >= 15 is 0 Å². The lowest BCUT2D eigenvalue weighted by Crippen LogP contribution is -2.34. The molecule has 3 aromatic rings. The summed E-state index contributed by atoms with van der Waals surface area (Å²) in [6.45, 7) is 4.87. The summed E-state index contributed by atoms with van der Waals surface area (Å²) in [4.78, 5) is 13.6. The van der Waals surface area contributed by atoms with Crippen LogP contribution >= 0.6 is 0 Å². The number of rotatable bonds is 4. The number of aryl methyl sites for hydroxylation is 2. The van der Waals surface area contributed by atoms with Gasteiger partial charge in [0.2, 0.25) is 0 Å². The van der Waals surface area contributed by atoms with Crippen molar-refractivity contribution in [3.63, 3.8) is 0 Å². The second-order valence-electron chi connectivity index (χ2n) is 7.03. The van der Waals surface area contributed by atoms with Crippen LogP contribution < -0.4 is 5.32 Å². The van der Waals surface area contributed by atoms with Gasteiger partial charge in [0.15, 0.2) is 5.82 Å². The van der Waals surface area contributed by atoms with Gasteiger partial charge in [0.05, 0.1) is 6.04 Å². The Bertz CT molecular complexity index is 896. The molecule has 0 amide bonds. The number of pyridine rings is 1. The van der Waals surface area contributed by atoms with E-state index in [4.69, 9.17) is 9.72 Å². The zero-order chi connectivity index (χ0) is 18.6. The fourth-order valence-electron chi connectivity index (χ4n) is 3.46. The van der Waals surface area contributed by atoms with Crippen LogP contribution in [-0.2, 0) is 4.74 Å². The third kappa shape index (κ3) is 4.14. The van der Waals surface area contributed by atoms with Crippen LogP contribution in [0, 0.1) is 13.8 Å². The lowest BCUT2D eigenvalue weighted by molar-refractivity contribution is 0.00555. The molecule has 0 bridgehead atoms. The van der Waals surface area contributed by atoms with E-state index in [0.717, 1.165) is 36.7 Å². The van der Waals surface area contributed by atoms with Crippen molar-refractivity contribution < 1.29 is 4.74 Å². The number of nitrogens with one attached hydrogen (secondary N) is 1. The van der Waals surface area contributed by atoms with Gasteiger partial charge in [-0.05, 0) is 44.4 Å². The molecule has 5 nitrogen and oxygen atoms in total. The summed E-state index contributed by atoms with van der Waals surface area (Å²) in [7, 11) is 0. The van der Waals surface area contributed by atoms with Crippen molar-refractivity contribution in [2.75, 3.05) is 11.9 Å². The molecule has 0 saturated carbocycles. The van der Waals surface area contributed by atoms with Crippen LogP contribution in [0.2, 0.25) is 0 Å². The van der Waals surface area contributed by atoms with E-state index in [0.29, 0.717) is 5.82 Å². The SMILES string of the molecule is Cc1ccc([C@H]2OCCC[C@H]2Nc2cc(C)nc(-c3ccccn3)n2)cc1. The Morgan fingerprint density at radius 3 is 2.67 bits per heavy atom. The fraction of sp³-hybridized carbons (Fsp3) is 0.318. The molecule has 0 spiro atoms. The number of benzene rings is 1. The summed E-state index contributed by atoms with van der Waals surface area (Å²) in [5.41, 5.74) is 4.15. The fourth-order valence-corrected chi connectivity index (χ4v) is 3.46. The molecule has 0 aliphatic carbocycles. The maximum Gasteiger partial charge on any atom is 0.180 e. The Kier molecular flexibility index (Phi) is 5.12. The van der Waals surface area contributed by atoms with Crippen molar-refractivity contribution in [3.05, 3.63) is 71.5 Å². The summed E-state index contributed by atoms with van der Waals surface area (Å²) >= 11 is 0. The van der Waals surface area contributed by atoms with Gasteiger partial charge >= 0.3 is 0 Å². The first-order chi connectivity index (χ1) is 13.2. The van der Waals surface area contributed by atoms with E-state index in [1.807, 2.05) is 31.2 Å². The summed E-state index contributed by atoms with van der Waals surface area (Å²) in [6, 6.07) is 16.5. The first-order valence-electron chi connectivity index (χ1n) is 9.41. The molecule has 5 heteroatoms. The van der Waals surface area contributed by atoms with Crippen LogP contribution in [0.15, 0.2) is 54.7 Å². The van der Waals surface area contributed by atoms with E-state index in [9.17, 15) is 0 Å². The Morgan fingerprint density at radius 1 is 1.04 bits per heavy atom. The van der Waals surface area contributed by atoms with Crippen molar-refractivity contribution in [2.45, 2.75) is 38.8 Å². The van der Waals surface area contributed by atoms with E-state index in [-0.39, 0.29) is 12.1 Å². The molecular weight excluding hydrogens is 336 g/mol. The van der Waals surface area contributed by atoms with Crippen LogP contribution in [0.25, 0.3) is 11.5 Å². The van der Waals surface area contributed by atoms with Crippen molar-refractivity contribution in [1.29, 1.82) is 0 Å². The summed E-state index contributed by atoms with van der Waals surface area (Å²) < 4.78 is 6.12. The molecule has 2 aromatic heterocycles. The van der Waals surface area contributed by atoms with Crippen LogP contribution in [-0.4, -0.2) is 27.6 Å². The molecule has 2 atom stereocenters. The second-order valence-corrected chi connectivity index (χ2v) is 7.03. The number of nitrogens with zero attached hydrogens (tertiary/aromatic N) is 3. The maximum atomic E-state index is 6.12. The Morgan fingerprint density at radius 2 is 1.89 bits per heavy atom. The summed E-state index contributed by atoms with van der Waals surface area (Å²) in [5, 5.41) is 3.59. The number of anilines is 1. The third-order valence-corrected chi connectivity index (χ3v) is 4.81. The molecule has 1 fully saturated rings. The third-order valence-electron chi connectivity index (χ3n) is 4.81. The summed E-state index contributed by atoms with van der Waals surface area (Å²) in [6.07, 6.45) is 3.86. The standard InChI is InChI=1S/C22H24N4O/c1-15-8-10-17(11-9-15)21-18(7-5-13-27-21)25-20-14-16(2)24-22(26-20)19-6-3-4-12-23-19/h3-4,6,8-12,14,18,21H,5,7,13H2,1-2H3,(H,24,25,26)/t18-,21-/m1/s1. The van der Waals surface area contributed by atoms with Crippen molar-refractivity contribution >= 4 is 5.82 Å². The molecule has 1 aromatic carbocycles. The Balaban J connectivity index is 1.60. The topological polar surface area (TPSA) is 59.9 Å². The molecule has 1 aliphatic heterocycles. The van der Waals surface area contributed by atoms with Gasteiger partial charge in [-0.3, -0.25) is 4.98 Å². The highest BCUT2D eigenvalue weighted by Crippen LogP contribution is 2.31. The Labute approximate surface area is 159 Å². The highest BCUT2D eigenvalue weighted by molar-refractivity contribution is 5.53. The number of hydrogen-bond donors (Lipinski definition) is 1. The highest BCUT2D eigenvalue weighted by atomic mass is 16.5. The van der Waals surface area contributed by atoms with Gasteiger partial charge in [-0.15, -0.1) is 0 Å². The number of ether oxygens (including phenoxy) is 1. The maximum absolute atomic E-state index is 6.12. The van der Waals surface area contributed by atoms with Gasteiger partial charge in [0.1, 0.15) is 17.6 Å². The van der Waals surface area contributed by atoms with Crippen molar-refractivity contribution in [1.82, 2.24) is 15.0 Å². The minimum Gasteiger partial charge on any atom is -0.371 e. The zero-order valence-corrected chi connectivity index (χ0v) is 15.7. The van der Waals surface area contributed by atoms with Gasteiger partial charge < -0.3 is 10.1 Å². The van der Waals surface area contributed by atoms with Crippen LogP contribution in [0.4, 0.5) is 5.82 Å². The van der Waals surface area contributed by atoms with Crippen LogP contribution in [0.1, 0.15) is 35.8 Å². The normalized spacial score (nSPS) is 19.6. The molecule has 4 rings (SSSR count). The second kappa shape index (κ2) is 7.84. The molecule has 138 valence electrons. The number of hydrogen-bond acceptors (Lipinski definition) is 5. The molecule has 1 N–H and O–H groups in total. The van der Waals surface area contributed by atoms with Crippen molar-refractivity contribution in [3.8, 4) is 11.5 Å². The van der Waals surface area contributed by atoms with Gasteiger partial charge in [0, 0.05) is 24.6 Å². The largest absolute Gasteiger partial charge is 0.371 e. The number of aromatic nitrogens is 3. The predicted octanol–water partition coefficient (Wildman–Crippen LogP) is 4.49. The predicted molar refractivity (Wildman–Crippen MR) is 107 cm³/mol. The van der Waals surface area contributed by atoms with Gasteiger partial charge in [0.25, 0.3) is 0 Å². The molecule has 0 radical (unpaired) electrons. The van der Waals surface area contributed by atoms with Gasteiger partial charge in [-0.25, -0.2) is 9.97 Å². The van der Waals surface area contributed by atoms with Crippen molar-refractivity contribution in [2.24, 2.45) is 0 Å². The smallest absolute Gasteiger partial charge is 0.180 e. The zero-order valence-electron chi connectivity index (χ0n) is 15.7. The highest BCUT2D eigenvalue weighted by Gasteiger charge is 2.28. The average Bonchev–Trinajstić information content (AvgIpc) is 2.69. The first-order valence-corrected chi connectivity index (χ1v) is 9.41. The lowest BCUT2D eigenvalue weighted by Gasteiger charge is -2.33.